The molecule has 4 saturated carbocycles. The first-order chi connectivity index (χ1) is 12.0. The van der Waals surface area contributed by atoms with Crippen LogP contribution in [0.15, 0.2) is 0 Å². The van der Waals surface area contributed by atoms with Crippen molar-refractivity contribution in [3.05, 3.63) is 0 Å². The Labute approximate surface area is 166 Å². The van der Waals surface area contributed by atoms with Crippen LogP contribution in [0.2, 0.25) is 0 Å². The Hall–Kier alpha value is 0.170. The number of carbonyl (C=O) groups is 1. The first-order valence-corrected chi connectivity index (χ1v) is 11.1. The number of alkyl halides is 2. The highest BCUT2D eigenvalue weighted by Gasteiger charge is 2.70. The zero-order chi connectivity index (χ0) is 19.1. The zero-order valence-corrected chi connectivity index (χ0v) is 17.6. The Morgan fingerprint density at radius 3 is 2.27 bits per heavy atom. The molecule has 2 N–H and O–H groups in total. The summed E-state index contributed by atoms with van der Waals surface area (Å²) in [6.07, 6.45) is 6.05. The number of hydrogen-bond acceptors (Lipinski definition) is 3. The number of rotatable bonds is 1. The van der Waals surface area contributed by atoms with Gasteiger partial charge in [-0.2, -0.15) is 0 Å². The molecule has 4 aliphatic rings. The van der Waals surface area contributed by atoms with Crippen molar-refractivity contribution in [1.82, 2.24) is 0 Å². The smallest absolute Gasteiger partial charge is 0.161 e. The summed E-state index contributed by atoms with van der Waals surface area (Å²) in [5, 5.41) is 21.3. The number of hydrogen-bond donors (Lipinski definition) is 2. The highest BCUT2D eigenvalue weighted by atomic mass is 35.5. The first kappa shape index (κ1) is 19.5. The molecular formula is C21H32Cl2O3. The van der Waals surface area contributed by atoms with Crippen molar-refractivity contribution < 1.29 is 15.0 Å². The van der Waals surface area contributed by atoms with Gasteiger partial charge >= 0.3 is 0 Å². The summed E-state index contributed by atoms with van der Waals surface area (Å²) in [6, 6.07) is 0. The number of aliphatic hydroxyl groups excluding tert-OH is 1. The summed E-state index contributed by atoms with van der Waals surface area (Å²) in [5.41, 5.74) is -1.64. The van der Waals surface area contributed by atoms with E-state index in [1.54, 1.807) is 6.92 Å². The molecule has 5 heteroatoms. The van der Waals surface area contributed by atoms with Gasteiger partial charge in [0.05, 0.1) is 16.4 Å². The van der Waals surface area contributed by atoms with Gasteiger partial charge in [0.2, 0.25) is 0 Å². The Balaban J connectivity index is 1.72. The van der Waals surface area contributed by atoms with Crippen LogP contribution in [0.3, 0.4) is 0 Å². The number of Topliss-reactive ketones (excluding diaryl/α,β-unsaturated/α-hetero) is 1. The van der Waals surface area contributed by atoms with Crippen LogP contribution in [0, 0.1) is 28.6 Å². The molecule has 0 aromatic heterocycles. The van der Waals surface area contributed by atoms with E-state index in [1.807, 2.05) is 0 Å². The Bertz CT molecular complexity index is 626. The first-order valence-electron chi connectivity index (χ1n) is 10.2. The van der Waals surface area contributed by atoms with Gasteiger partial charge < -0.3 is 10.2 Å². The molecule has 3 nitrogen and oxygen atoms in total. The highest BCUT2D eigenvalue weighted by molar-refractivity contribution is 6.33. The van der Waals surface area contributed by atoms with Gasteiger partial charge in [-0.25, -0.2) is 0 Å². The quantitative estimate of drug-likeness (QED) is 0.643. The van der Waals surface area contributed by atoms with Crippen molar-refractivity contribution in [2.24, 2.45) is 28.6 Å². The summed E-state index contributed by atoms with van der Waals surface area (Å²) >= 11 is 14.1. The molecule has 0 aromatic carbocycles. The predicted molar refractivity (Wildman–Crippen MR) is 103 cm³/mol. The molecule has 0 radical (unpaired) electrons. The molecule has 0 spiro atoms. The van der Waals surface area contributed by atoms with E-state index in [2.05, 4.69) is 13.8 Å². The lowest BCUT2D eigenvalue weighted by Gasteiger charge is -2.65. The van der Waals surface area contributed by atoms with Crippen molar-refractivity contribution in [3.63, 3.8) is 0 Å². The molecular weight excluding hydrogens is 371 g/mol. The molecule has 4 aliphatic carbocycles. The van der Waals surface area contributed by atoms with Gasteiger partial charge in [-0.05, 0) is 81.5 Å². The molecule has 0 saturated heterocycles. The molecule has 0 heterocycles. The third kappa shape index (κ3) is 2.18. The number of halogens is 2. The third-order valence-electron chi connectivity index (χ3n) is 9.44. The summed E-state index contributed by atoms with van der Waals surface area (Å²) in [7, 11) is 0. The van der Waals surface area contributed by atoms with Crippen molar-refractivity contribution in [1.29, 1.82) is 0 Å². The SMILES string of the molecule is CC(=O)[C@@]1(O)CC[C@@H]2[C@@H]3C[C@H](Cl)[C@@]4(Cl)C[C@H](O)CC[C@]4(C)[C@@H]3CC[C@@]21C. The van der Waals surface area contributed by atoms with Gasteiger partial charge in [0, 0.05) is 5.41 Å². The minimum Gasteiger partial charge on any atom is -0.393 e. The van der Waals surface area contributed by atoms with Crippen molar-refractivity contribution in [3.8, 4) is 0 Å². The number of carbonyl (C=O) groups excluding carboxylic acids is 1. The van der Waals surface area contributed by atoms with E-state index in [0.717, 1.165) is 38.5 Å². The second-order valence-corrected chi connectivity index (χ2v) is 11.4. The van der Waals surface area contributed by atoms with Crippen LogP contribution in [0.1, 0.15) is 72.1 Å². The lowest BCUT2D eigenvalue weighted by molar-refractivity contribution is -0.167. The van der Waals surface area contributed by atoms with Gasteiger partial charge in [0.25, 0.3) is 0 Å². The van der Waals surface area contributed by atoms with Crippen LogP contribution < -0.4 is 0 Å². The van der Waals surface area contributed by atoms with Crippen molar-refractivity contribution in [2.75, 3.05) is 0 Å². The Morgan fingerprint density at radius 2 is 1.62 bits per heavy atom. The summed E-state index contributed by atoms with van der Waals surface area (Å²) in [4.78, 5) is 11.7. The summed E-state index contributed by atoms with van der Waals surface area (Å²) in [6.45, 7) is 5.95. The maximum Gasteiger partial charge on any atom is 0.161 e. The lowest BCUT2D eigenvalue weighted by atomic mass is 9.44. The van der Waals surface area contributed by atoms with Crippen LogP contribution >= 0.6 is 23.2 Å². The minimum atomic E-state index is -1.19. The molecule has 9 atom stereocenters. The summed E-state index contributed by atoms with van der Waals surface area (Å²) < 4.78 is 0. The molecule has 4 rings (SSSR count). The number of ketones is 1. The molecule has 0 aromatic rings. The zero-order valence-electron chi connectivity index (χ0n) is 16.1. The average molecular weight is 403 g/mol. The van der Waals surface area contributed by atoms with E-state index in [4.69, 9.17) is 23.2 Å². The van der Waals surface area contributed by atoms with Gasteiger partial charge in [-0.1, -0.05) is 13.8 Å². The van der Waals surface area contributed by atoms with Crippen LogP contribution in [0.25, 0.3) is 0 Å². The van der Waals surface area contributed by atoms with Crippen molar-refractivity contribution >= 4 is 29.0 Å². The maximum atomic E-state index is 12.3. The van der Waals surface area contributed by atoms with Crippen molar-refractivity contribution in [2.45, 2.75) is 94.1 Å². The fraction of sp³-hybridized carbons (Fsp3) is 0.952. The van der Waals surface area contributed by atoms with Gasteiger partial charge in [0.1, 0.15) is 5.60 Å². The second kappa shape index (κ2) is 5.84. The molecule has 0 amide bonds. The van der Waals surface area contributed by atoms with Crippen LogP contribution in [-0.2, 0) is 4.79 Å². The molecule has 0 bridgehead atoms. The van der Waals surface area contributed by atoms with Crippen LogP contribution in [0.5, 0.6) is 0 Å². The fourth-order valence-corrected chi connectivity index (χ4v) is 8.80. The molecule has 26 heavy (non-hydrogen) atoms. The van der Waals surface area contributed by atoms with E-state index in [-0.39, 0.29) is 28.1 Å². The summed E-state index contributed by atoms with van der Waals surface area (Å²) in [5.74, 6) is 1.09. The van der Waals surface area contributed by atoms with E-state index in [1.165, 1.54) is 0 Å². The highest BCUT2D eigenvalue weighted by Crippen LogP contribution is 2.71. The van der Waals surface area contributed by atoms with Crippen LogP contribution in [-0.4, -0.2) is 38.0 Å². The van der Waals surface area contributed by atoms with Gasteiger partial charge in [0.15, 0.2) is 5.78 Å². The number of aliphatic hydroxyl groups is 2. The maximum absolute atomic E-state index is 12.3. The molecule has 0 unspecified atom stereocenters. The van der Waals surface area contributed by atoms with Gasteiger partial charge in [-0.15, -0.1) is 23.2 Å². The topological polar surface area (TPSA) is 57.5 Å². The van der Waals surface area contributed by atoms with Crippen LogP contribution in [0.4, 0.5) is 0 Å². The standard InChI is InChI=1S/C21H32Cl2O3/c1-12(24)21(26)9-6-16-14-10-17(22)20(23)11-13(25)4-7-18(20,2)15(14)5-8-19(16,21)3/h13-17,25-26H,4-11H2,1-3H3/t13-,14-,15-,16-,17+,18-,19+,20+,21+/m1/s1. The normalized spacial score (nSPS) is 59.3. The molecule has 0 aliphatic heterocycles. The average Bonchev–Trinajstić information content (AvgIpc) is 2.84. The largest absolute Gasteiger partial charge is 0.393 e. The fourth-order valence-electron chi connectivity index (χ4n) is 7.76. The second-order valence-electron chi connectivity index (χ2n) is 10.2. The van der Waals surface area contributed by atoms with E-state index in [9.17, 15) is 15.0 Å². The van der Waals surface area contributed by atoms with E-state index in [0.29, 0.717) is 30.6 Å². The van der Waals surface area contributed by atoms with Gasteiger partial charge in [-0.3, -0.25) is 4.79 Å². The molecule has 148 valence electrons. The minimum absolute atomic E-state index is 0.0853. The monoisotopic (exact) mass is 402 g/mol. The third-order valence-corrected chi connectivity index (χ3v) is 11.0. The van der Waals surface area contributed by atoms with E-state index < -0.39 is 10.5 Å². The van der Waals surface area contributed by atoms with E-state index >= 15 is 0 Å². The molecule has 4 fully saturated rings. The predicted octanol–water partition coefficient (Wildman–Crippen LogP) is 4.29. The Kier molecular flexibility index (Phi) is 4.38. The Morgan fingerprint density at radius 1 is 1.04 bits per heavy atom. The lowest BCUT2D eigenvalue weighted by Crippen LogP contribution is -2.66. The number of fused-ring (bicyclic) bond motifs is 5.